The lowest BCUT2D eigenvalue weighted by Crippen LogP contribution is -2.33. The third kappa shape index (κ3) is 7.39. The molecular formula is C30H41NO5. The fraction of sp³-hybridized carbons (Fsp3) is 0.567. The number of aliphatic carboxylic acids is 1. The van der Waals surface area contributed by atoms with Gasteiger partial charge >= 0.3 is 5.97 Å². The number of hydrogen-bond donors (Lipinski definition) is 3. The molecule has 0 radical (unpaired) electrons. The normalized spacial score (nSPS) is 24.0. The summed E-state index contributed by atoms with van der Waals surface area (Å²) >= 11 is 0. The van der Waals surface area contributed by atoms with E-state index in [1.165, 1.54) is 0 Å². The van der Waals surface area contributed by atoms with Crippen LogP contribution in [0.3, 0.4) is 0 Å². The van der Waals surface area contributed by atoms with Gasteiger partial charge in [0, 0.05) is 30.9 Å². The van der Waals surface area contributed by atoms with Crippen LogP contribution in [0.4, 0.5) is 0 Å². The molecule has 0 bridgehead atoms. The molecule has 4 atom stereocenters. The number of carbonyl (C=O) groups is 2. The van der Waals surface area contributed by atoms with E-state index in [0.29, 0.717) is 25.7 Å². The third-order valence-electron chi connectivity index (χ3n) is 7.47. The van der Waals surface area contributed by atoms with Crippen LogP contribution in [0.2, 0.25) is 0 Å². The fourth-order valence-corrected chi connectivity index (χ4v) is 5.59. The number of unbranched alkanes of at least 4 members (excludes halogenated alkanes) is 1. The van der Waals surface area contributed by atoms with Gasteiger partial charge in [-0.1, -0.05) is 64.4 Å². The molecule has 4 unspecified atom stereocenters. The molecule has 2 aliphatic rings. The molecule has 0 saturated heterocycles. The number of hydrogen-bond acceptors (Lipinski definition) is 5. The largest absolute Gasteiger partial charge is 0.512 e. The topological polar surface area (TPSA) is 107 Å². The van der Waals surface area contributed by atoms with Crippen LogP contribution in [-0.2, 0) is 9.59 Å². The Morgan fingerprint density at radius 2 is 1.89 bits per heavy atom. The summed E-state index contributed by atoms with van der Waals surface area (Å²) in [5, 5.41) is 31.0. The van der Waals surface area contributed by atoms with Crippen LogP contribution in [0.15, 0.2) is 52.7 Å². The van der Waals surface area contributed by atoms with Crippen molar-refractivity contribution < 1.29 is 24.9 Å². The number of ketones is 1. The van der Waals surface area contributed by atoms with Gasteiger partial charge in [-0.3, -0.25) is 14.6 Å². The van der Waals surface area contributed by atoms with E-state index in [4.69, 9.17) is 10.1 Å². The molecule has 3 rings (SSSR count). The predicted octanol–water partition coefficient (Wildman–Crippen LogP) is 6.36. The highest BCUT2D eigenvalue weighted by molar-refractivity contribution is 5.98. The predicted molar refractivity (Wildman–Crippen MR) is 143 cm³/mol. The van der Waals surface area contributed by atoms with E-state index in [1.54, 1.807) is 0 Å². The first-order chi connectivity index (χ1) is 17.0. The summed E-state index contributed by atoms with van der Waals surface area (Å²) < 4.78 is 0. The van der Waals surface area contributed by atoms with Gasteiger partial charge in [0.25, 0.3) is 0 Å². The summed E-state index contributed by atoms with van der Waals surface area (Å²) in [7, 11) is 0. The maximum Gasteiger partial charge on any atom is 0.303 e. The molecule has 0 fully saturated rings. The minimum Gasteiger partial charge on any atom is -0.512 e. The number of carboxylic acids is 1. The zero-order chi connectivity index (χ0) is 26.5. The van der Waals surface area contributed by atoms with Crippen molar-refractivity contribution in [2.45, 2.75) is 85.2 Å². The summed E-state index contributed by atoms with van der Waals surface area (Å²) in [5.41, 5.74) is 3.03. The lowest BCUT2D eigenvalue weighted by molar-refractivity contribution is -0.137. The van der Waals surface area contributed by atoms with E-state index >= 15 is 0 Å². The van der Waals surface area contributed by atoms with E-state index in [1.807, 2.05) is 25.1 Å². The Kier molecular flexibility index (Phi) is 9.29. The van der Waals surface area contributed by atoms with Crippen molar-refractivity contribution in [3.8, 4) is 0 Å². The van der Waals surface area contributed by atoms with Crippen molar-refractivity contribution in [2.24, 2.45) is 28.2 Å². The maximum atomic E-state index is 13.2. The summed E-state index contributed by atoms with van der Waals surface area (Å²) in [6.45, 7) is 8.15. The van der Waals surface area contributed by atoms with E-state index in [9.17, 15) is 19.8 Å². The quantitative estimate of drug-likeness (QED) is 0.328. The number of aliphatic hydroxyl groups excluding tert-OH is 2. The number of allylic oxidation sites excluding steroid dienone is 2. The summed E-state index contributed by atoms with van der Waals surface area (Å²) in [4.78, 5) is 28.9. The zero-order valence-electron chi connectivity index (χ0n) is 22.0. The molecule has 0 aromatic heterocycles. The summed E-state index contributed by atoms with van der Waals surface area (Å²) in [5.74, 6) is -0.978. The van der Waals surface area contributed by atoms with Crippen molar-refractivity contribution in [1.29, 1.82) is 0 Å². The number of Topliss-reactive ketones (excluding diaryl/α,β-unsaturated/α-hetero) is 1. The van der Waals surface area contributed by atoms with Crippen LogP contribution in [0.1, 0.15) is 84.6 Å². The van der Waals surface area contributed by atoms with Crippen LogP contribution < -0.4 is 0 Å². The average Bonchev–Trinajstić information content (AvgIpc) is 3.15. The molecule has 1 aromatic carbocycles. The minimum absolute atomic E-state index is 0.00659. The van der Waals surface area contributed by atoms with Gasteiger partial charge in [0.15, 0.2) is 5.78 Å². The molecule has 0 saturated carbocycles. The van der Waals surface area contributed by atoms with Crippen molar-refractivity contribution in [1.82, 2.24) is 0 Å². The Bertz CT molecular complexity index is 1040. The number of rotatable bonds is 10. The molecule has 1 aliphatic heterocycles. The second-order valence-corrected chi connectivity index (χ2v) is 11.5. The van der Waals surface area contributed by atoms with E-state index < -0.39 is 12.1 Å². The number of carboxylic acid groups (broad SMARTS) is 1. The Hall–Kier alpha value is -2.73. The SMILES string of the molecule is CC1C=C(c2ccccc2)N=C1CC1CC(O)=C(C(O)C(C)CCCCC(=O)O)C(=O)CC(C)(C)C1. The van der Waals surface area contributed by atoms with Gasteiger partial charge in [0.1, 0.15) is 5.76 Å². The molecule has 0 spiro atoms. The Morgan fingerprint density at radius 3 is 2.56 bits per heavy atom. The first kappa shape index (κ1) is 27.9. The number of carbonyl (C=O) groups excluding carboxylic acids is 1. The highest BCUT2D eigenvalue weighted by atomic mass is 16.4. The van der Waals surface area contributed by atoms with E-state index in [2.05, 4.69) is 39.0 Å². The molecule has 36 heavy (non-hydrogen) atoms. The monoisotopic (exact) mass is 495 g/mol. The number of aliphatic imine (C=N–C) groups is 1. The molecule has 1 heterocycles. The van der Waals surface area contributed by atoms with Gasteiger partial charge in [-0.15, -0.1) is 0 Å². The molecule has 196 valence electrons. The lowest BCUT2D eigenvalue weighted by Gasteiger charge is -2.34. The highest BCUT2D eigenvalue weighted by Crippen LogP contribution is 2.40. The Balaban J connectivity index is 1.76. The van der Waals surface area contributed by atoms with Crippen LogP contribution in [0.5, 0.6) is 0 Å². The van der Waals surface area contributed by atoms with Crippen LogP contribution in [-0.4, -0.2) is 38.9 Å². The maximum absolute atomic E-state index is 13.2. The number of aliphatic hydroxyl groups is 2. The second-order valence-electron chi connectivity index (χ2n) is 11.5. The fourth-order valence-electron chi connectivity index (χ4n) is 5.59. The van der Waals surface area contributed by atoms with Gasteiger partial charge in [-0.2, -0.15) is 0 Å². The molecule has 6 heteroatoms. The van der Waals surface area contributed by atoms with Crippen molar-refractivity contribution in [3.63, 3.8) is 0 Å². The van der Waals surface area contributed by atoms with Crippen molar-refractivity contribution in [2.75, 3.05) is 0 Å². The van der Waals surface area contributed by atoms with E-state index in [0.717, 1.165) is 29.8 Å². The van der Waals surface area contributed by atoms with Gasteiger partial charge in [-0.25, -0.2) is 0 Å². The Morgan fingerprint density at radius 1 is 1.19 bits per heavy atom. The van der Waals surface area contributed by atoms with Crippen LogP contribution in [0.25, 0.3) is 5.70 Å². The summed E-state index contributed by atoms with van der Waals surface area (Å²) in [6.07, 6.45) is 5.08. The highest BCUT2D eigenvalue weighted by Gasteiger charge is 2.37. The molecule has 1 aromatic rings. The van der Waals surface area contributed by atoms with Gasteiger partial charge in [0.2, 0.25) is 0 Å². The molecular weight excluding hydrogens is 454 g/mol. The number of nitrogens with zero attached hydrogens (tertiary/aromatic N) is 1. The van der Waals surface area contributed by atoms with Gasteiger partial charge in [-0.05, 0) is 54.6 Å². The first-order valence-electron chi connectivity index (χ1n) is 13.2. The molecule has 3 N–H and O–H groups in total. The summed E-state index contributed by atoms with van der Waals surface area (Å²) in [6, 6.07) is 10.1. The smallest absolute Gasteiger partial charge is 0.303 e. The molecule has 1 aliphatic carbocycles. The van der Waals surface area contributed by atoms with Crippen LogP contribution >= 0.6 is 0 Å². The van der Waals surface area contributed by atoms with Crippen LogP contribution in [0, 0.1) is 23.2 Å². The van der Waals surface area contributed by atoms with Gasteiger partial charge < -0.3 is 15.3 Å². The van der Waals surface area contributed by atoms with E-state index in [-0.39, 0.29) is 53.1 Å². The molecule has 6 nitrogen and oxygen atoms in total. The average molecular weight is 496 g/mol. The second kappa shape index (κ2) is 12.0. The minimum atomic E-state index is -1.06. The lowest BCUT2D eigenvalue weighted by atomic mass is 9.71. The molecule has 0 amide bonds. The third-order valence-corrected chi connectivity index (χ3v) is 7.47. The first-order valence-corrected chi connectivity index (χ1v) is 13.2. The Labute approximate surface area is 214 Å². The van der Waals surface area contributed by atoms with Crippen molar-refractivity contribution in [3.05, 3.63) is 53.3 Å². The zero-order valence-corrected chi connectivity index (χ0v) is 22.0. The van der Waals surface area contributed by atoms with Gasteiger partial charge in [0.05, 0.1) is 17.4 Å². The number of benzene rings is 1. The van der Waals surface area contributed by atoms with Crippen molar-refractivity contribution >= 4 is 23.2 Å². The standard InChI is InChI=1S/C30H41NO5/c1-19(10-8-9-13-27(34)35)29(36)28-25(32)16-21(17-30(3,4)18-26(28)33)15-23-20(2)14-24(31-23)22-11-6-5-7-12-22/h5-7,11-12,14,19-21,29,32,36H,8-10,13,15-18H2,1-4H3,(H,34,35).